The molecule has 3 aromatic rings. The van der Waals surface area contributed by atoms with Crippen LogP contribution in [0.15, 0.2) is 48.5 Å². The summed E-state index contributed by atoms with van der Waals surface area (Å²) in [5.41, 5.74) is 3.29. The van der Waals surface area contributed by atoms with Crippen molar-refractivity contribution in [1.82, 2.24) is 14.9 Å². The number of halogens is 1. The average Bonchev–Trinajstić information content (AvgIpc) is 3.33. The Morgan fingerprint density at radius 2 is 1.29 bits per heavy atom. The highest BCUT2D eigenvalue weighted by atomic mass is 35.5. The van der Waals surface area contributed by atoms with Crippen LogP contribution in [0.1, 0.15) is 127 Å². The number of benzene rings is 2. The molecule has 0 saturated carbocycles. The van der Waals surface area contributed by atoms with Crippen molar-refractivity contribution in [1.29, 1.82) is 0 Å². The molecule has 1 aromatic heterocycles. The van der Waals surface area contributed by atoms with Crippen molar-refractivity contribution in [2.24, 2.45) is 0 Å². The lowest BCUT2D eigenvalue weighted by molar-refractivity contribution is -0.120. The Kier molecular flexibility index (Phi) is 16.6. The van der Waals surface area contributed by atoms with Gasteiger partial charge < -0.3 is 9.88 Å². The van der Waals surface area contributed by atoms with Crippen LogP contribution in [0.25, 0.3) is 11.0 Å². The molecule has 3 rings (SSSR count). The minimum Gasteiger partial charge on any atom is -0.356 e. The van der Waals surface area contributed by atoms with E-state index in [1.165, 1.54) is 108 Å². The van der Waals surface area contributed by atoms with Crippen LogP contribution in [0.4, 0.5) is 0 Å². The van der Waals surface area contributed by atoms with Gasteiger partial charge in [-0.15, -0.1) is 0 Å². The smallest absolute Gasteiger partial charge is 0.224 e. The van der Waals surface area contributed by atoms with Gasteiger partial charge in [0.1, 0.15) is 5.82 Å². The number of amides is 1. The van der Waals surface area contributed by atoms with Gasteiger partial charge in [-0.3, -0.25) is 4.79 Å². The van der Waals surface area contributed by atoms with Gasteiger partial charge >= 0.3 is 0 Å². The number of carbonyl (C=O) groups excluding carboxylic acids is 1. The highest BCUT2D eigenvalue weighted by Crippen LogP contribution is 2.19. The summed E-state index contributed by atoms with van der Waals surface area (Å²) in [5, 5.41) is 3.75. The second kappa shape index (κ2) is 20.5. The van der Waals surface area contributed by atoms with Crippen molar-refractivity contribution in [2.75, 3.05) is 6.54 Å². The van der Waals surface area contributed by atoms with E-state index in [1.807, 2.05) is 24.3 Å². The number of fused-ring (bicyclic) bond motifs is 1. The summed E-state index contributed by atoms with van der Waals surface area (Å²) in [6.07, 6.45) is 24.4. The molecule has 0 radical (unpaired) electrons. The second-order valence-electron chi connectivity index (χ2n) is 11.7. The van der Waals surface area contributed by atoms with Crippen LogP contribution in [-0.2, 0) is 24.2 Å². The van der Waals surface area contributed by atoms with Crippen LogP contribution >= 0.6 is 11.6 Å². The molecule has 0 aliphatic heterocycles. The summed E-state index contributed by atoms with van der Waals surface area (Å²) < 4.78 is 2.41. The molecule has 0 atom stereocenters. The summed E-state index contributed by atoms with van der Waals surface area (Å²) in [6.45, 7) is 3.98. The van der Waals surface area contributed by atoms with Gasteiger partial charge in [0.2, 0.25) is 5.91 Å². The number of para-hydroxylation sites is 2. The number of aromatic nitrogens is 2. The molecule has 0 bridgehead atoms. The zero-order valence-electron chi connectivity index (χ0n) is 25.6. The molecular formula is C36H54ClN3O. The van der Waals surface area contributed by atoms with Gasteiger partial charge in [0, 0.05) is 24.5 Å². The molecule has 41 heavy (non-hydrogen) atoms. The van der Waals surface area contributed by atoms with Crippen LogP contribution in [0.2, 0.25) is 5.02 Å². The molecule has 1 N–H and O–H groups in total. The Balaban J connectivity index is 1.26. The minimum atomic E-state index is 0.0500. The van der Waals surface area contributed by atoms with E-state index in [2.05, 4.69) is 41.1 Å². The second-order valence-corrected chi connectivity index (χ2v) is 12.2. The molecular weight excluding hydrogens is 526 g/mol. The van der Waals surface area contributed by atoms with Crippen molar-refractivity contribution in [2.45, 2.75) is 135 Å². The van der Waals surface area contributed by atoms with Crippen molar-refractivity contribution >= 4 is 28.5 Å². The summed E-state index contributed by atoms with van der Waals surface area (Å²) in [5.74, 6) is 1.19. The molecule has 0 fully saturated rings. The van der Waals surface area contributed by atoms with Crippen LogP contribution in [0, 0.1) is 0 Å². The Hall–Kier alpha value is -2.33. The summed E-state index contributed by atoms with van der Waals surface area (Å²) >= 11 is 5.94. The number of nitrogens with zero attached hydrogens (tertiary/aromatic N) is 2. The topological polar surface area (TPSA) is 46.9 Å². The minimum absolute atomic E-state index is 0.0500. The number of hydrogen-bond donors (Lipinski definition) is 1. The zero-order valence-corrected chi connectivity index (χ0v) is 26.4. The van der Waals surface area contributed by atoms with Crippen molar-refractivity contribution < 1.29 is 4.79 Å². The molecule has 4 nitrogen and oxygen atoms in total. The van der Waals surface area contributed by atoms with Crippen LogP contribution in [-0.4, -0.2) is 22.0 Å². The lowest BCUT2D eigenvalue weighted by atomic mass is 10.0. The zero-order chi connectivity index (χ0) is 29.0. The number of hydrogen-bond acceptors (Lipinski definition) is 2. The Labute approximate surface area is 254 Å². The van der Waals surface area contributed by atoms with E-state index in [9.17, 15) is 4.79 Å². The highest BCUT2D eigenvalue weighted by molar-refractivity contribution is 6.30. The van der Waals surface area contributed by atoms with E-state index in [0.29, 0.717) is 18.0 Å². The molecule has 2 aromatic carbocycles. The van der Waals surface area contributed by atoms with Gasteiger partial charge in [0.05, 0.1) is 17.5 Å². The summed E-state index contributed by atoms with van der Waals surface area (Å²) in [6, 6.07) is 15.9. The van der Waals surface area contributed by atoms with Crippen molar-refractivity contribution in [3.8, 4) is 0 Å². The summed E-state index contributed by atoms with van der Waals surface area (Å²) in [7, 11) is 0. The van der Waals surface area contributed by atoms with Crippen LogP contribution in [0.3, 0.4) is 0 Å². The standard InChI is InChI=1S/C36H54ClN3O/c1-2-3-4-5-6-7-8-9-10-11-12-13-14-15-16-19-29-40-34-22-18-17-21-33(34)39-35(40)23-20-28-38-36(41)30-31-24-26-32(37)27-25-31/h17-18,21-22,24-27H,2-16,19-20,23,28-30H2,1H3,(H,38,41). The van der Waals surface area contributed by atoms with Gasteiger partial charge in [-0.25, -0.2) is 4.98 Å². The first-order chi connectivity index (χ1) is 20.2. The molecule has 1 heterocycles. The number of imidazole rings is 1. The normalized spacial score (nSPS) is 11.4. The molecule has 0 aliphatic rings. The lowest BCUT2D eigenvalue weighted by Crippen LogP contribution is -2.26. The molecule has 0 spiro atoms. The number of unbranched alkanes of at least 4 members (excludes halogenated alkanes) is 15. The summed E-state index contributed by atoms with van der Waals surface area (Å²) in [4.78, 5) is 17.3. The molecule has 0 aliphatic carbocycles. The van der Waals surface area contributed by atoms with E-state index < -0.39 is 0 Å². The third-order valence-corrected chi connectivity index (χ3v) is 8.40. The van der Waals surface area contributed by atoms with Gasteiger partial charge in [0.25, 0.3) is 0 Å². The quantitative estimate of drug-likeness (QED) is 0.114. The molecule has 0 saturated heterocycles. The van der Waals surface area contributed by atoms with Crippen LogP contribution in [0.5, 0.6) is 0 Å². The Morgan fingerprint density at radius 1 is 0.732 bits per heavy atom. The number of aryl methyl sites for hydroxylation is 2. The third-order valence-electron chi connectivity index (χ3n) is 8.15. The van der Waals surface area contributed by atoms with Crippen LogP contribution < -0.4 is 5.32 Å². The predicted octanol–water partition coefficient (Wildman–Crippen LogP) is 10.2. The maximum Gasteiger partial charge on any atom is 0.224 e. The number of rotatable bonds is 23. The van der Waals surface area contributed by atoms with Gasteiger partial charge in [-0.1, -0.05) is 139 Å². The lowest BCUT2D eigenvalue weighted by Gasteiger charge is -2.10. The van der Waals surface area contributed by atoms with E-state index in [0.717, 1.165) is 36.3 Å². The maximum atomic E-state index is 12.3. The number of nitrogens with one attached hydrogen (secondary N) is 1. The van der Waals surface area contributed by atoms with Crippen molar-refractivity contribution in [3.63, 3.8) is 0 Å². The van der Waals surface area contributed by atoms with Gasteiger partial charge in [-0.05, 0) is 42.7 Å². The van der Waals surface area contributed by atoms with Gasteiger partial charge in [-0.2, -0.15) is 0 Å². The van der Waals surface area contributed by atoms with Crippen molar-refractivity contribution in [3.05, 3.63) is 64.9 Å². The number of carbonyl (C=O) groups is 1. The van der Waals surface area contributed by atoms with E-state index >= 15 is 0 Å². The first kappa shape index (κ1) is 33.2. The monoisotopic (exact) mass is 579 g/mol. The fraction of sp³-hybridized carbons (Fsp3) is 0.611. The average molecular weight is 580 g/mol. The highest BCUT2D eigenvalue weighted by Gasteiger charge is 2.11. The molecule has 226 valence electrons. The Bertz CT molecular complexity index is 1110. The third kappa shape index (κ3) is 13.5. The molecule has 5 heteroatoms. The van der Waals surface area contributed by atoms with E-state index in [1.54, 1.807) is 0 Å². The molecule has 1 amide bonds. The first-order valence-corrected chi connectivity index (χ1v) is 17.0. The fourth-order valence-corrected chi connectivity index (χ4v) is 5.83. The maximum absolute atomic E-state index is 12.3. The first-order valence-electron chi connectivity index (χ1n) is 16.6. The largest absolute Gasteiger partial charge is 0.356 e. The van der Waals surface area contributed by atoms with E-state index in [4.69, 9.17) is 16.6 Å². The fourth-order valence-electron chi connectivity index (χ4n) is 5.71. The Morgan fingerprint density at radius 3 is 1.90 bits per heavy atom. The SMILES string of the molecule is CCCCCCCCCCCCCCCCCCn1c(CCCNC(=O)Cc2ccc(Cl)cc2)nc2ccccc21. The van der Waals surface area contributed by atoms with E-state index in [-0.39, 0.29) is 5.91 Å². The molecule has 0 unspecified atom stereocenters. The van der Waals surface area contributed by atoms with Gasteiger partial charge in [0.15, 0.2) is 0 Å². The predicted molar refractivity (Wildman–Crippen MR) is 176 cm³/mol.